The second-order valence-electron chi connectivity index (χ2n) is 33.4. The highest BCUT2D eigenvalue weighted by Gasteiger charge is 2.78. The number of hydrogen-bond donors (Lipinski definition) is 2. The first kappa shape index (κ1) is 85.0. The number of fused-ring (bicyclic) bond motifs is 6. The van der Waals surface area contributed by atoms with Gasteiger partial charge in [0, 0.05) is 56.7 Å². The Morgan fingerprint density at radius 3 is 1.92 bits per heavy atom. The number of likely N-dealkylation sites (tertiary alicyclic amines) is 1. The lowest BCUT2D eigenvalue weighted by Gasteiger charge is -2.68. The van der Waals surface area contributed by atoms with Crippen LogP contribution in [0.3, 0.4) is 0 Å². The number of nitrogens with one attached hydrogen (secondary N) is 1. The van der Waals surface area contributed by atoms with Gasteiger partial charge in [-0.3, -0.25) is 28.8 Å². The first-order chi connectivity index (χ1) is 50.9. The van der Waals surface area contributed by atoms with Gasteiger partial charge in [-0.2, -0.15) is 0 Å². The number of benzene rings is 4. The van der Waals surface area contributed by atoms with Crippen molar-refractivity contribution in [3.63, 3.8) is 0 Å². The minimum absolute atomic E-state index is 0. The fourth-order valence-electron chi connectivity index (χ4n) is 18.2. The molecule has 0 aromatic heterocycles. The van der Waals surface area contributed by atoms with E-state index in [1.807, 2.05) is 87.5 Å². The Balaban J connectivity index is 0.0000135. The first-order valence-electron chi connectivity index (χ1n) is 39.7. The van der Waals surface area contributed by atoms with Crippen molar-refractivity contribution >= 4 is 54.0 Å². The van der Waals surface area contributed by atoms with Crippen molar-refractivity contribution in [2.24, 2.45) is 34.5 Å². The van der Waals surface area contributed by atoms with Gasteiger partial charge in [0.2, 0.25) is 6.10 Å². The number of halogens is 1. The number of rotatable bonds is 33. The lowest BCUT2D eigenvalue weighted by molar-refractivity contribution is -0.352. The Bertz CT molecular complexity index is 3800. The smallest absolute Gasteiger partial charge is 0.350 e. The van der Waals surface area contributed by atoms with Gasteiger partial charge in [-0.05, 0) is 155 Å². The van der Waals surface area contributed by atoms with Crippen molar-refractivity contribution in [2.75, 3.05) is 26.2 Å². The molecular formula is C88H121ClN2O17. The normalized spacial score (nSPS) is 26.8. The summed E-state index contributed by atoms with van der Waals surface area (Å²) in [6.45, 7) is 28.3. The average molecular weight is 1510 g/mol. The third-order valence-corrected chi connectivity index (χ3v) is 24.7. The summed E-state index contributed by atoms with van der Waals surface area (Å²) in [5.74, 6) is -3.78. The minimum atomic E-state index is -2.28. The van der Waals surface area contributed by atoms with Crippen LogP contribution >= 0.6 is 12.4 Å². The summed E-state index contributed by atoms with van der Waals surface area (Å²) in [6, 6.07) is 26.5. The molecule has 2 saturated heterocycles. The van der Waals surface area contributed by atoms with E-state index in [-0.39, 0.29) is 56.2 Å². The van der Waals surface area contributed by atoms with Crippen LogP contribution < -0.4 is 14.8 Å². The number of aliphatic hydroxyl groups is 1. The molecule has 3 aliphatic carbocycles. The Morgan fingerprint density at radius 1 is 0.694 bits per heavy atom. The molecule has 108 heavy (non-hydrogen) atoms. The summed E-state index contributed by atoms with van der Waals surface area (Å²) in [4.78, 5) is 106. The zero-order chi connectivity index (χ0) is 77.2. The molecule has 2 N–H and O–H groups in total. The van der Waals surface area contributed by atoms with Gasteiger partial charge in [-0.25, -0.2) is 4.79 Å². The van der Waals surface area contributed by atoms with Crippen LogP contribution in [0.1, 0.15) is 237 Å². The number of piperidine rings is 1. The van der Waals surface area contributed by atoms with Crippen LogP contribution in [0.5, 0.6) is 11.5 Å². The molecule has 0 radical (unpaired) electrons. The molecule has 2 bridgehead atoms. The fraction of sp³-hybridized carbons (Fsp3) is 0.625. The van der Waals surface area contributed by atoms with Crippen LogP contribution in [0, 0.1) is 55.3 Å². The van der Waals surface area contributed by atoms with Crippen LogP contribution in [0.15, 0.2) is 102 Å². The molecule has 592 valence electrons. The Labute approximate surface area is 647 Å². The molecule has 19 nitrogen and oxygen atoms in total. The molecule has 0 spiro atoms. The van der Waals surface area contributed by atoms with E-state index in [1.54, 1.807) is 52.0 Å². The van der Waals surface area contributed by atoms with E-state index in [9.17, 15) is 29.1 Å². The highest BCUT2D eigenvalue weighted by molar-refractivity contribution is 5.95. The van der Waals surface area contributed by atoms with E-state index in [4.69, 9.17) is 42.6 Å². The Morgan fingerprint density at radius 2 is 1.31 bits per heavy atom. The third kappa shape index (κ3) is 19.3. The first-order valence-corrected chi connectivity index (χ1v) is 39.7. The van der Waals surface area contributed by atoms with Crippen LogP contribution in [-0.4, -0.2) is 131 Å². The molecule has 20 heteroatoms. The second-order valence-corrected chi connectivity index (χ2v) is 33.4. The van der Waals surface area contributed by atoms with Gasteiger partial charge in [0.05, 0.1) is 50.0 Å². The zero-order valence-corrected chi connectivity index (χ0v) is 67.3. The highest BCUT2D eigenvalue weighted by Crippen LogP contribution is 2.65. The number of carbonyl (C=O) groups excluding carboxylic acids is 7. The summed E-state index contributed by atoms with van der Waals surface area (Å²) >= 11 is 0. The van der Waals surface area contributed by atoms with Gasteiger partial charge >= 0.3 is 35.8 Å². The zero-order valence-electron chi connectivity index (χ0n) is 66.5. The average Bonchev–Trinajstić information content (AvgIpc) is 0.667. The molecule has 2 saturated carbocycles. The standard InChI is InChI=1S/C88H120N2O17.ClH/c1-55(2)30-27-31-56(3)32-28-33-57(4)34-29-45-85(13)46-43-67-58(5)59(6)76(61(8)77(67)107-85)104-71(93)41-42-72(94)105-79(75(66-39-23-17-24-40-66)89-52-64-35-19-15-20-36-64)83(97)102-68-51-88(98)82(99-53-65-37-21-16-22-38-65)80-86(14,81(96)78(101-62(9)91)74(60(68)7)84(88,11)12)69(50-70-87(80,54-100-70)106-63(10)92)103-73(95)44-49-90-47-25-18-26-48-90;/h15-17,19-24,35-40,55-57,68-70,75,78-80,82,89,98H,18,25-34,41-54H2,1-14H3;1H/t56-,57-,68-,69-,70+,75-,78+,79+,80-,82-,85?,86+,87-,88+;/m0./s1. The molecule has 0 amide bonds. The van der Waals surface area contributed by atoms with E-state index in [0.717, 1.165) is 111 Å². The topological polar surface area (TPSA) is 238 Å². The molecule has 10 rings (SSSR count). The molecule has 6 aliphatic rings. The summed E-state index contributed by atoms with van der Waals surface area (Å²) in [5, 5.41) is 18.1. The van der Waals surface area contributed by atoms with Crippen LogP contribution in [0.4, 0.5) is 0 Å². The highest BCUT2D eigenvalue weighted by atomic mass is 35.5. The molecule has 3 heterocycles. The second kappa shape index (κ2) is 36.9. The maximum atomic E-state index is 16.8. The SMILES string of the molecule is CC(=O)O[C@H]1C(=O)[C@]2(C)[C@@H](OC(=O)CCN3CCCCC3)C[C@H]3OC[C@@]3(OC(C)=O)[C@H]2[C@H](OCc2ccccc2)[C@]2(O)C[C@H](OC(=O)[C@H](OC(=O)CCC(=O)Oc3c(C)c(C)c4c(c3C)OC(C)(CCC[C@@H](C)CCC[C@@H](C)CCCC(C)C)CC4)[C@@H](NCc3ccccc3)c3ccccc3)C(C)=C1C2(C)C.Cl. The van der Waals surface area contributed by atoms with Crippen molar-refractivity contribution in [1.82, 2.24) is 10.2 Å². The monoisotopic (exact) mass is 1510 g/mol. The number of hydrogen-bond acceptors (Lipinski definition) is 19. The molecular weight excluding hydrogens is 1390 g/mol. The minimum Gasteiger partial charge on any atom is -0.487 e. The number of nitrogens with zero attached hydrogens (tertiary/aromatic N) is 1. The number of carbonyl (C=O) groups is 7. The van der Waals surface area contributed by atoms with Crippen LogP contribution in [-0.2, 0) is 86.3 Å². The fourth-order valence-corrected chi connectivity index (χ4v) is 18.2. The van der Waals surface area contributed by atoms with Gasteiger partial charge in [-0.15, -0.1) is 12.4 Å². The number of Topliss-reactive ketones (excluding diaryl/α,β-unsaturated/α-hetero) is 1. The molecule has 4 fully saturated rings. The molecule has 3 aliphatic heterocycles. The van der Waals surface area contributed by atoms with Crippen molar-refractivity contribution in [3.05, 3.63) is 141 Å². The van der Waals surface area contributed by atoms with E-state index in [1.165, 1.54) is 45.4 Å². The van der Waals surface area contributed by atoms with Gasteiger partial charge in [0.25, 0.3) is 0 Å². The van der Waals surface area contributed by atoms with Crippen molar-refractivity contribution in [2.45, 2.75) is 292 Å². The lowest BCUT2D eigenvalue weighted by Crippen LogP contribution is -2.82. The lowest BCUT2D eigenvalue weighted by atomic mass is 9.44. The summed E-state index contributed by atoms with van der Waals surface area (Å²) < 4.78 is 59.2. The maximum Gasteiger partial charge on any atom is 0.350 e. The predicted octanol–water partition coefficient (Wildman–Crippen LogP) is 15.7. The molecule has 4 aromatic carbocycles. The van der Waals surface area contributed by atoms with Crippen LogP contribution in [0.25, 0.3) is 0 Å². The van der Waals surface area contributed by atoms with Gasteiger partial charge in [0.15, 0.2) is 17.5 Å². The van der Waals surface area contributed by atoms with Gasteiger partial charge in [0.1, 0.15) is 41.0 Å². The van der Waals surface area contributed by atoms with E-state index < -0.39 is 137 Å². The van der Waals surface area contributed by atoms with Gasteiger partial charge in [-0.1, -0.05) is 184 Å². The number of esters is 6. The summed E-state index contributed by atoms with van der Waals surface area (Å²) in [7, 11) is 0. The molecule has 1 unspecified atom stereocenters. The Hall–Kier alpha value is -7.00. The summed E-state index contributed by atoms with van der Waals surface area (Å²) in [6.07, 6.45) is 5.06. The largest absolute Gasteiger partial charge is 0.487 e. The molecule has 14 atom stereocenters. The quantitative estimate of drug-likeness (QED) is 0.0195. The van der Waals surface area contributed by atoms with E-state index in [0.29, 0.717) is 34.9 Å². The van der Waals surface area contributed by atoms with E-state index >= 15 is 9.59 Å². The number of ketones is 1. The van der Waals surface area contributed by atoms with Gasteiger partial charge < -0.3 is 58.0 Å². The Kier molecular flexibility index (Phi) is 29.0. The summed E-state index contributed by atoms with van der Waals surface area (Å²) in [5.41, 5.74) is -2.04. The van der Waals surface area contributed by atoms with Crippen LogP contribution in [0.2, 0.25) is 0 Å². The van der Waals surface area contributed by atoms with Crippen molar-refractivity contribution in [1.29, 1.82) is 0 Å². The maximum absolute atomic E-state index is 16.8. The number of ether oxygens (including phenoxy) is 9. The van der Waals surface area contributed by atoms with Crippen molar-refractivity contribution in [3.8, 4) is 11.5 Å². The van der Waals surface area contributed by atoms with Crippen molar-refractivity contribution < 1.29 is 81.3 Å². The molecule has 4 aromatic rings. The van der Waals surface area contributed by atoms with E-state index in [2.05, 4.69) is 44.8 Å². The third-order valence-electron chi connectivity index (χ3n) is 24.7. The predicted molar refractivity (Wildman–Crippen MR) is 414 cm³/mol.